The fourth-order valence-corrected chi connectivity index (χ4v) is 1.59. The number of anilines is 1. The first-order chi connectivity index (χ1) is 6.16. The smallest absolute Gasteiger partial charge is 0.289 e. The monoisotopic (exact) mass is 196 g/mol. The highest BCUT2D eigenvalue weighted by Gasteiger charge is 2.09. The van der Waals surface area contributed by atoms with E-state index in [1.54, 1.807) is 0 Å². The molecule has 2 heterocycles. The van der Waals surface area contributed by atoms with Crippen molar-refractivity contribution in [3.05, 3.63) is 22.4 Å². The van der Waals surface area contributed by atoms with Crippen LogP contribution < -0.4 is 5.73 Å². The third-order valence-electron chi connectivity index (χ3n) is 1.46. The molecule has 0 saturated carbocycles. The van der Waals surface area contributed by atoms with Crippen LogP contribution in [0, 0.1) is 10.1 Å². The molecule has 0 amide bonds. The molecule has 0 saturated heterocycles. The predicted molar refractivity (Wildman–Crippen MR) is 48.5 cm³/mol. The molecule has 0 spiro atoms. The van der Waals surface area contributed by atoms with E-state index in [1.807, 2.05) is 0 Å². The number of hydrogen-bond donors (Lipinski definition) is 1. The number of thiazole rings is 1. The lowest BCUT2D eigenvalue weighted by Gasteiger charge is -1.88. The molecular formula is C6H4N4O2S. The average molecular weight is 196 g/mol. The highest BCUT2D eigenvalue weighted by Crippen LogP contribution is 2.24. The predicted octanol–water partition coefficient (Wildman–Crippen LogP) is 1.18. The zero-order valence-electron chi connectivity index (χ0n) is 6.30. The first kappa shape index (κ1) is 7.87. The van der Waals surface area contributed by atoms with Gasteiger partial charge >= 0.3 is 0 Å². The Labute approximate surface area is 76.2 Å². The van der Waals surface area contributed by atoms with Crippen LogP contribution in [-0.4, -0.2) is 14.9 Å². The molecule has 0 radical (unpaired) electrons. The number of aromatic nitrogens is 2. The van der Waals surface area contributed by atoms with Crippen molar-refractivity contribution in [3.8, 4) is 0 Å². The topological polar surface area (TPSA) is 94.9 Å². The van der Waals surface area contributed by atoms with Gasteiger partial charge < -0.3 is 5.73 Å². The van der Waals surface area contributed by atoms with Gasteiger partial charge in [0.25, 0.3) is 5.69 Å². The van der Waals surface area contributed by atoms with E-state index in [0.717, 1.165) is 0 Å². The Morgan fingerprint density at radius 2 is 2.38 bits per heavy atom. The minimum atomic E-state index is -0.512. The number of pyridine rings is 1. The van der Waals surface area contributed by atoms with Crippen molar-refractivity contribution in [3.63, 3.8) is 0 Å². The van der Waals surface area contributed by atoms with E-state index in [4.69, 9.17) is 5.73 Å². The lowest BCUT2D eigenvalue weighted by molar-refractivity contribution is -0.385. The van der Waals surface area contributed by atoms with Crippen molar-refractivity contribution in [2.24, 2.45) is 0 Å². The summed E-state index contributed by atoms with van der Waals surface area (Å²) in [7, 11) is 0. The van der Waals surface area contributed by atoms with Crippen molar-refractivity contribution < 1.29 is 4.92 Å². The Morgan fingerprint density at radius 1 is 1.62 bits per heavy atom. The Balaban J connectivity index is 2.67. The molecule has 0 unspecified atom stereocenters. The number of rotatable bonds is 1. The highest BCUT2D eigenvalue weighted by molar-refractivity contribution is 7.21. The number of nitrogens with two attached hydrogens (primary N) is 1. The van der Waals surface area contributed by atoms with E-state index in [0.29, 0.717) is 15.5 Å². The zero-order valence-corrected chi connectivity index (χ0v) is 7.11. The largest absolute Gasteiger partial charge is 0.375 e. The minimum absolute atomic E-state index is 0.0715. The fraction of sp³-hybridized carbons (Fsp3) is 0. The van der Waals surface area contributed by atoms with E-state index in [9.17, 15) is 10.1 Å². The van der Waals surface area contributed by atoms with Crippen LogP contribution in [0.2, 0.25) is 0 Å². The van der Waals surface area contributed by atoms with Gasteiger partial charge in [0.1, 0.15) is 16.5 Å². The third kappa shape index (κ3) is 1.29. The van der Waals surface area contributed by atoms with Gasteiger partial charge in [0.15, 0.2) is 5.13 Å². The van der Waals surface area contributed by atoms with E-state index >= 15 is 0 Å². The summed E-state index contributed by atoms with van der Waals surface area (Å²) in [5.41, 5.74) is 5.81. The van der Waals surface area contributed by atoms with Gasteiger partial charge in [-0.2, -0.15) is 0 Å². The molecular weight excluding hydrogens is 192 g/mol. The van der Waals surface area contributed by atoms with E-state index in [-0.39, 0.29) is 5.69 Å². The molecule has 0 aliphatic rings. The summed E-state index contributed by atoms with van der Waals surface area (Å²) in [4.78, 5) is 18.2. The van der Waals surface area contributed by atoms with E-state index in [1.165, 1.54) is 23.6 Å². The lowest BCUT2D eigenvalue weighted by atomic mass is 10.4. The summed E-state index contributed by atoms with van der Waals surface area (Å²) in [6.07, 6.45) is 1.19. The van der Waals surface area contributed by atoms with Gasteiger partial charge in [-0.1, -0.05) is 11.3 Å². The molecule has 7 heteroatoms. The molecule has 0 aromatic carbocycles. The van der Waals surface area contributed by atoms with Crippen LogP contribution in [0.5, 0.6) is 0 Å². The second-order valence-electron chi connectivity index (χ2n) is 2.33. The van der Waals surface area contributed by atoms with Crippen LogP contribution in [0.3, 0.4) is 0 Å². The summed E-state index contributed by atoms with van der Waals surface area (Å²) in [5.74, 6) is 0. The Hall–Kier alpha value is -1.76. The molecule has 13 heavy (non-hydrogen) atoms. The normalized spacial score (nSPS) is 10.5. The van der Waals surface area contributed by atoms with Crippen LogP contribution in [-0.2, 0) is 0 Å². The molecule has 2 rings (SSSR count). The first-order valence-electron chi connectivity index (χ1n) is 3.33. The maximum absolute atomic E-state index is 10.4. The molecule has 0 fully saturated rings. The van der Waals surface area contributed by atoms with Crippen molar-refractivity contribution in [2.45, 2.75) is 0 Å². The molecule has 0 aliphatic carbocycles. The average Bonchev–Trinajstić information content (AvgIpc) is 2.42. The second-order valence-corrected chi connectivity index (χ2v) is 3.34. The molecule has 2 N–H and O–H groups in total. The van der Waals surface area contributed by atoms with Crippen LogP contribution >= 0.6 is 11.3 Å². The van der Waals surface area contributed by atoms with Crippen molar-refractivity contribution >= 4 is 32.5 Å². The van der Waals surface area contributed by atoms with Gasteiger partial charge in [0.2, 0.25) is 0 Å². The summed E-state index contributed by atoms with van der Waals surface area (Å²) >= 11 is 1.21. The van der Waals surface area contributed by atoms with Crippen LogP contribution in [0.4, 0.5) is 10.8 Å². The van der Waals surface area contributed by atoms with Crippen molar-refractivity contribution in [1.29, 1.82) is 0 Å². The Bertz CT molecular complexity index is 480. The number of nitro groups is 1. The number of nitrogens with zero attached hydrogens (tertiary/aromatic N) is 3. The second kappa shape index (κ2) is 2.63. The SMILES string of the molecule is Nc1nc2cc([N+](=O)[O-])cnc2s1. The summed E-state index contributed by atoms with van der Waals surface area (Å²) in [6, 6.07) is 1.36. The number of fused-ring (bicyclic) bond motifs is 1. The first-order valence-corrected chi connectivity index (χ1v) is 4.15. The molecule has 0 bridgehead atoms. The van der Waals surface area contributed by atoms with Gasteiger partial charge in [-0.3, -0.25) is 10.1 Å². The highest BCUT2D eigenvalue weighted by atomic mass is 32.1. The zero-order chi connectivity index (χ0) is 9.42. The van der Waals surface area contributed by atoms with Crippen molar-refractivity contribution in [1.82, 2.24) is 9.97 Å². The van der Waals surface area contributed by atoms with Gasteiger partial charge in [-0.25, -0.2) is 9.97 Å². The fourth-order valence-electron chi connectivity index (χ4n) is 0.929. The maximum Gasteiger partial charge on any atom is 0.289 e. The minimum Gasteiger partial charge on any atom is -0.375 e. The quantitative estimate of drug-likeness (QED) is 0.545. The van der Waals surface area contributed by atoms with E-state index in [2.05, 4.69) is 9.97 Å². The standard InChI is InChI=1S/C6H4N4O2S/c7-6-9-4-1-3(10(11)12)2-8-5(4)13-6/h1-2H,(H2,7,9). The molecule has 2 aromatic heterocycles. The lowest BCUT2D eigenvalue weighted by Crippen LogP contribution is -1.88. The van der Waals surface area contributed by atoms with Gasteiger partial charge in [-0.05, 0) is 0 Å². The van der Waals surface area contributed by atoms with Gasteiger partial charge in [0.05, 0.1) is 4.92 Å². The molecule has 0 aliphatic heterocycles. The van der Waals surface area contributed by atoms with Crippen LogP contribution in [0.1, 0.15) is 0 Å². The summed E-state index contributed by atoms with van der Waals surface area (Å²) < 4.78 is 0. The Morgan fingerprint density at radius 3 is 3.08 bits per heavy atom. The Kier molecular flexibility index (Phi) is 1.59. The number of nitrogen functional groups attached to an aromatic ring is 1. The molecule has 2 aromatic rings. The van der Waals surface area contributed by atoms with Crippen LogP contribution in [0.25, 0.3) is 10.3 Å². The van der Waals surface area contributed by atoms with Gasteiger partial charge in [0, 0.05) is 6.07 Å². The maximum atomic E-state index is 10.4. The third-order valence-corrected chi connectivity index (χ3v) is 2.27. The molecule has 0 atom stereocenters. The van der Waals surface area contributed by atoms with E-state index < -0.39 is 4.92 Å². The summed E-state index contributed by atoms with van der Waals surface area (Å²) in [6.45, 7) is 0. The molecule has 66 valence electrons. The van der Waals surface area contributed by atoms with Crippen molar-refractivity contribution in [2.75, 3.05) is 5.73 Å². The molecule has 6 nitrogen and oxygen atoms in total. The van der Waals surface area contributed by atoms with Gasteiger partial charge in [-0.15, -0.1) is 0 Å². The summed E-state index contributed by atoms with van der Waals surface area (Å²) in [5, 5.41) is 10.7. The van der Waals surface area contributed by atoms with Crippen LogP contribution in [0.15, 0.2) is 12.3 Å². The number of hydrogen-bond acceptors (Lipinski definition) is 6.